The Labute approximate surface area is 233 Å². The lowest BCUT2D eigenvalue weighted by Gasteiger charge is -2.36. The van der Waals surface area contributed by atoms with E-state index in [9.17, 15) is 15.2 Å². The van der Waals surface area contributed by atoms with Crippen LogP contribution in [0, 0.1) is 11.5 Å². The summed E-state index contributed by atoms with van der Waals surface area (Å²) in [4.78, 5) is 14.8. The molecule has 38 heavy (non-hydrogen) atoms. The van der Waals surface area contributed by atoms with Gasteiger partial charge in [-0.1, -0.05) is 44.5 Å². The highest BCUT2D eigenvalue weighted by Gasteiger charge is 2.37. The number of aromatic hydroxyl groups is 1. The van der Waals surface area contributed by atoms with Gasteiger partial charge in [0, 0.05) is 17.3 Å². The smallest absolute Gasteiger partial charge is 0.265 e. The highest BCUT2D eigenvalue weighted by atomic mass is 35.5. The number of nitriles is 1. The lowest BCUT2D eigenvalue weighted by atomic mass is 10.2. The molecule has 2 aromatic carbocycles. The van der Waals surface area contributed by atoms with Crippen LogP contribution in [0.15, 0.2) is 60.8 Å². The molecule has 0 saturated carbocycles. The lowest BCUT2D eigenvalue weighted by molar-refractivity contribution is 0.103. The molecule has 0 aliphatic heterocycles. The first kappa shape index (κ1) is 27.7. The average Bonchev–Trinajstić information content (AvgIpc) is 3.45. The molecule has 198 valence electrons. The Hall–Kier alpha value is -3.29. The van der Waals surface area contributed by atoms with Gasteiger partial charge >= 0.3 is 0 Å². The van der Waals surface area contributed by atoms with Gasteiger partial charge in [0.25, 0.3) is 5.91 Å². The maximum Gasteiger partial charge on any atom is 0.265 e. The number of amides is 1. The quantitative estimate of drug-likeness (QED) is 0.130. The number of nitrogens with one attached hydrogen (secondary N) is 1. The van der Waals surface area contributed by atoms with E-state index >= 15 is 0 Å². The van der Waals surface area contributed by atoms with Crippen LogP contribution in [0.4, 0.5) is 11.4 Å². The number of hydrogen-bond acceptors (Lipinski definition) is 6. The maximum absolute atomic E-state index is 12.7. The molecule has 4 rings (SSSR count). The number of rotatable bonds is 8. The van der Waals surface area contributed by atoms with Crippen LogP contribution in [-0.4, -0.2) is 37.0 Å². The Kier molecular flexibility index (Phi) is 7.90. The molecule has 0 aliphatic carbocycles. The van der Waals surface area contributed by atoms with Gasteiger partial charge in [-0.25, -0.2) is 0 Å². The van der Waals surface area contributed by atoms with Gasteiger partial charge in [0.1, 0.15) is 0 Å². The monoisotopic (exact) mass is 566 g/mol. The molecule has 0 aliphatic rings. The van der Waals surface area contributed by atoms with Gasteiger partial charge in [-0.05, 0) is 60.6 Å². The van der Waals surface area contributed by atoms with Crippen molar-refractivity contribution in [3.63, 3.8) is 0 Å². The fourth-order valence-electron chi connectivity index (χ4n) is 3.81. The average molecular weight is 567 g/mol. The van der Waals surface area contributed by atoms with Crippen LogP contribution in [0.2, 0.25) is 22.5 Å². The molecule has 2 N–H and O–H groups in total. The predicted octanol–water partition coefficient (Wildman–Crippen LogP) is 7.61. The van der Waals surface area contributed by atoms with Crippen LogP contribution in [-0.2, 0) is 4.43 Å². The van der Waals surface area contributed by atoms with Gasteiger partial charge in [0.2, 0.25) is 5.88 Å². The topological polar surface area (TPSA) is 90.5 Å². The zero-order valence-corrected chi connectivity index (χ0v) is 24.7. The fourth-order valence-corrected chi connectivity index (χ4v) is 5.78. The van der Waals surface area contributed by atoms with Crippen LogP contribution in [0.5, 0.6) is 5.88 Å². The lowest BCUT2D eigenvalue weighted by Crippen LogP contribution is -2.42. The van der Waals surface area contributed by atoms with Gasteiger partial charge < -0.3 is 14.8 Å². The third-order valence-electron chi connectivity index (χ3n) is 7.01. The van der Waals surface area contributed by atoms with E-state index in [1.165, 1.54) is 11.3 Å². The first-order valence-corrected chi connectivity index (χ1v) is 16.3. The predicted molar refractivity (Wildman–Crippen MR) is 158 cm³/mol. The van der Waals surface area contributed by atoms with Crippen molar-refractivity contribution in [1.29, 1.82) is 5.26 Å². The van der Waals surface area contributed by atoms with E-state index in [-0.39, 0.29) is 16.8 Å². The Balaban J connectivity index is 1.53. The molecule has 4 aromatic rings. The summed E-state index contributed by atoms with van der Waals surface area (Å²) in [5, 5.41) is 25.1. The number of hydrogen-bond donors (Lipinski definition) is 2. The molecule has 0 atom stereocenters. The number of carbonyl (C=O) groups is 1. The van der Waals surface area contributed by atoms with E-state index in [0.29, 0.717) is 33.4 Å². The van der Waals surface area contributed by atoms with Gasteiger partial charge in [0.05, 0.1) is 39.1 Å². The van der Waals surface area contributed by atoms with Gasteiger partial charge in [-0.3, -0.25) is 14.3 Å². The molecule has 0 unspecified atom stereocenters. The highest BCUT2D eigenvalue weighted by molar-refractivity contribution is 7.18. The molecule has 2 aromatic heterocycles. The Bertz CT molecular complexity index is 1500. The number of nitrogens with zero attached hydrogens (tertiary/aromatic N) is 3. The zero-order chi connectivity index (χ0) is 27.7. The number of anilines is 2. The minimum atomic E-state index is -1.89. The molecule has 0 bridgehead atoms. The summed E-state index contributed by atoms with van der Waals surface area (Å²) < 4.78 is 8.42. The molecule has 10 heteroatoms. The largest absolute Gasteiger partial charge is 0.494 e. The zero-order valence-electron chi connectivity index (χ0n) is 22.1. The first-order chi connectivity index (χ1) is 17.9. The second kappa shape index (κ2) is 10.8. The summed E-state index contributed by atoms with van der Waals surface area (Å²) in [6, 6.07) is 16.2. The van der Waals surface area contributed by atoms with Gasteiger partial charge in [0.15, 0.2) is 14.5 Å². The Morgan fingerprint density at radius 1 is 1.18 bits per heavy atom. The van der Waals surface area contributed by atoms with Gasteiger partial charge in [-0.15, -0.1) is 11.3 Å². The SMILES string of the molecule is CC(C)(C)[Si](C)(C)OCCN(C#N)c1ccc(-n2cc3cccc(NC(=O)c4ccc(Cl)s4)c3c2O)cc1. The fraction of sp³-hybridized carbons (Fsp3) is 0.286. The molecule has 0 spiro atoms. The number of halogens is 1. The second-order valence-electron chi connectivity index (χ2n) is 10.5. The Morgan fingerprint density at radius 2 is 1.89 bits per heavy atom. The molecule has 0 fully saturated rings. The summed E-state index contributed by atoms with van der Waals surface area (Å²) in [5.74, 6) is -0.284. The number of fused-ring (bicyclic) bond motifs is 1. The standard InChI is InChI=1S/C28H31ClN4O3SSi/c1-28(2,3)38(4,5)36-16-15-32(18-30)20-9-11-21(12-10-20)33-17-19-7-6-8-22(25(19)27(33)35)31-26(34)23-13-14-24(29)37-23/h6-14,17,35H,15-16H2,1-5H3,(H,31,34). The van der Waals surface area contributed by atoms with Crippen molar-refractivity contribution in [2.45, 2.75) is 38.9 Å². The second-order valence-corrected chi connectivity index (χ2v) is 17.1. The number of aromatic nitrogens is 1. The third-order valence-corrected chi connectivity index (χ3v) is 12.8. The van der Waals surface area contributed by atoms with E-state index in [0.717, 1.165) is 16.8 Å². The summed E-state index contributed by atoms with van der Waals surface area (Å²) >= 11 is 7.16. The van der Waals surface area contributed by atoms with Gasteiger partial charge in [-0.2, -0.15) is 5.26 Å². The van der Waals surface area contributed by atoms with E-state index in [2.05, 4.69) is 45.4 Å². The van der Waals surface area contributed by atoms with E-state index in [1.807, 2.05) is 42.6 Å². The van der Waals surface area contributed by atoms with E-state index < -0.39 is 8.32 Å². The van der Waals surface area contributed by atoms with Crippen LogP contribution in [0.1, 0.15) is 30.4 Å². The molecular formula is C28H31ClN4O3SSi. The summed E-state index contributed by atoms with van der Waals surface area (Å²) in [7, 11) is -1.89. The van der Waals surface area contributed by atoms with Crippen LogP contribution in [0.3, 0.4) is 0 Å². The Morgan fingerprint density at radius 3 is 2.50 bits per heavy atom. The number of thiophene rings is 1. The van der Waals surface area contributed by atoms with Crippen molar-refractivity contribution >= 4 is 59.3 Å². The number of benzene rings is 2. The van der Waals surface area contributed by atoms with Crippen LogP contribution in [0.25, 0.3) is 16.5 Å². The van der Waals surface area contributed by atoms with Crippen molar-refractivity contribution in [3.8, 4) is 17.8 Å². The van der Waals surface area contributed by atoms with Crippen LogP contribution < -0.4 is 10.2 Å². The van der Waals surface area contributed by atoms with Crippen molar-refractivity contribution in [2.24, 2.45) is 0 Å². The maximum atomic E-state index is 12.7. The minimum Gasteiger partial charge on any atom is -0.494 e. The molecule has 0 radical (unpaired) electrons. The number of carbonyl (C=O) groups excluding carboxylic acids is 1. The van der Waals surface area contributed by atoms with Crippen LogP contribution >= 0.6 is 22.9 Å². The first-order valence-electron chi connectivity index (χ1n) is 12.2. The molecular weight excluding hydrogens is 536 g/mol. The molecule has 2 heterocycles. The molecule has 7 nitrogen and oxygen atoms in total. The highest BCUT2D eigenvalue weighted by Crippen LogP contribution is 2.37. The molecule has 1 amide bonds. The summed E-state index contributed by atoms with van der Waals surface area (Å²) in [6.45, 7) is 11.9. The third kappa shape index (κ3) is 5.74. The summed E-state index contributed by atoms with van der Waals surface area (Å²) in [5.41, 5.74) is 1.97. The van der Waals surface area contributed by atoms with Crippen molar-refractivity contribution in [2.75, 3.05) is 23.4 Å². The molecule has 0 saturated heterocycles. The minimum absolute atomic E-state index is 0.00720. The normalized spacial score (nSPS) is 11.9. The van der Waals surface area contributed by atoms with Crippen molar-refractivity contribution < 1.29 is 14.3 Å². The summed E-state index contributed by atoms with van der Waals surface area (Å²) in [6.07, 6.45) is 4.05. The van der Waals surface area contributed by atoms with E-state index in [4.69, 9.17) is 16.0 Å². The van der Waals surface area contributed by atoms with Crippen molar-refractivity contribution in [3.05, 3.63) is 70.0 Å². The van der Waals surface area contributed by atoms with Crippen molar-refractivity contribution in [1.82, 2.24) is 4.57 Å². The van der Waals surface area contributed by atoms with E-state index in [1.54, 1.807) is 27.7 Å².